The van der Waals surface area contributed by atoms with E-state index in [4.69, 9.17) is 0 Å². The van der Waals surface area contributed by atoms with E-state index < -0.39 is 35.9 Å². The van der Waals surface area contributed by atoms with Gasteiger partial charge in [0.05, 0.1) is 6.04 Å². The van der Waals surface area contributed by atoms with E-state index in [9.17, 15) is 24.3 Å². The second kappa shape index (κ2) is 11.7. The molecule has 1 fully saturated rings. The maximum absolute atomic E-state index is 12.7. The van der Waals surface area contributed by atoms with Crippen LogP contribution < -0.4 is 21.3 Å². The Morgan fingerprint density at radius 3 is 2.17 bits per heavy atom. The summed E-state index contributed by atoms with van der Waals surface area (Å²) in [6.45, 7) is 9.78. The number of rotatable bonds is 11. The van der Waals surface area contributed by atoms with E-state index in [1.54, 1.807) is 6.92 Å². The lowest BCUT2D eigenvalue weighted by atomic mass is 9.96. The summed E-state index contributed by atoms with van der Waals surface area (Å²) < 4.78 is 0. The molecule has 0 aromatic heterocycles. The summed E-state index contributed by atoms with van der Waals surface area (Å²) in [7, 11) is 0. The first kappa shape index (κ1) is 24.9. The molecular weight excluding hydrogens is 376 g/mol. The molecule has 5 atom stereocenters. The van der Waals surface area contributed by atoms with Crippen molar-refractivity contribution < 1.29 is 24.3 Å². The molecule has 0 spiro atoms. The minimum Gasteiger partial charge on any atom is -0.480 e. The second-order valence-electron chi connectivity index (χ2n) is 8.28. The maximum Gasteiger partial charge on any atom is 0.326 e. The molecule has 1 rings (SSSR count). The number of hydrogen-bond donors (Lipinski definition) is 5. The number of carboxylic acids is 1. The molecule has 9 nitrogen and oxygen atoms in total. The van der Waals surface area contributed by atoms with E-state index in [-0.39, 0.29) is 23.8 Å². The number of aliphatic carboxylic acids is 1. The van der Waals surface area contributed by atoms with Crippen LogP contribution >= 0.6 is 0 Å². The summed E-state index contributed by atoms with van der Waals surface area (Å²) in [4.78, 5) is 49.0. The number of hydrogen-bond acceptors (Lipinski definition) is 5. The summed E-state index contributed by atoms with van der Waals surface area (Å²) in [5.74, 6) is -2.47. The summed E-state index contributed by atoms with van der Waals surface area (Å²) in [5.41, 5.74) is 0. The molecule has 5 unspecified atom stereocenters. The van der Waals surface area contributed by atoms with Crippen LogP contribution in [0.2, 0.25) is 0 Å². The Balaban J connectivity index is 2.75. The smallest absolute Gasteiger partial charge is 0.326 e. The van der Waals surface area contributed by atoms with Crippen LogP contribution in [0.1, 0.15) is 60.3 Å². The zero-order valence-electron chi connectivity index (χ0n) is 18.1. The highest BCUT2D eigenvalue weighted by molar-refractivity contribution is 5.94. The van der Waals surface area contributed by atoms with Crippen LogP contribution in [0, 0.1) is 11.8 Å². The van der Waals surface area contributed by atoms with E-state index in [0.717, 1.165) is 19.4 Å². The quantitative estimate of drug-likeness (QED) is 0.333. The van der Waals surface area contributed by atoms with Crippen LogP contribution in [0.5, 0.6) is 0 Å². The first-order valence-electron chi connectivity index (χ1n) is 10.4. The van der Waals surface area contributed by atoms with Gasteiger partial charge in [0.15, 0.2) is 0 Å². The summed E-state index contributed by atoms with van der Waals surface area (Å²) >= 11 is 0. The van der Waals surface area contributed by atoms with Gasteiger partial charge >= 0.3 is 5.97 Å². The first-order valence-corrected chi connectivity index (χ1v) is 10.4. The van der Waals surface area contributed by atoms with Gasteiger partial charge in [0.25, 0.3) is 0 Å². The molecule has 1 aliphatic rings. The summed E-state index contributed by atoms with van der Waals surface area (Å²) in [6.07, 6.45) is 2.55. The number of nitrogens with one attached hydrogen (secondary N) is 4. The molecule has 0 aromatic rings. The molecule has 29 heavy (non-hydrogen) atoms. The molecule has 0 aliphatic carbocycles. The van der Waals surface area contributed by atoms with E-state index in [0.29, 0.717) is 12.8 Å². The van der Waals surface area contributed by atoms with Crippen molar-refractivity contribution in [1.29, 1.82) is 0 Å². The largest absolute Gasteiger partial charge is 0.480 e. The number of carbonyl (C=O) groups excluding carboxylic acids is 3. The highest BCUT2D eigenvalue weighted by Gasteiger charge is 2.32. The summed E-state index contributed by atoms with van der Waals surface area (Å²) in [5, 5.41) is 20.3. The van der Waals surface area contributed by atoms with E-state index in [2.05, 4.69) is 21.3 Å². The van der Waals surface area contributed by atoms with Gasteiger partial charge in [-0.2, -0.15) is 0 Å². The van der Waals surface area contributed by atoms with Gasteiger partial charge in [-0.25, -0.2) is 4.79 Å². The highest BCUT2D eigenvalue weighted by atomic mass is 16.4. The van der Waals surface area contributed by atoms with E-state index in [1.165, 1.54) is 0 Å². The van der Waals surface area contributed by atoms with Crippen LogP contribution in [0.4, 0.5) is 0 Å². The summed E-state index contributed by atoms with van der Waals surface area (Å²) in [6, 6.07) is -3.01. The third-order valence-electron chi connectivity index (χ3n) is 5.24. The van der Waals surface area contributed by atoms with Crippen molar-refractivity contribution in [2.24, 2.45) is 11.8 Å². The van der Waals surface area contributed by atoms with Crippen LogP contribution in [0.15, 0.2) is 0 Å². The predicted molar refractivity (Wildman–Crippen MR) is 109 cm³/mol. The number of carboxylic acid groups (broad SMARTS) is 1. The van der Waals surface area contributed by atoms with Gasteiger partial charge in [0.2, 0.25) is 17.7 Å². The first-order chi connectivity index (χ1) is 13.6. The molecule has 0 bridgehead atoms. The SMILES string of the molecule is CCC(C)C(NC(=O)C(C)NC(=O)C1CCCN1)C(=O)NC(CC(C)C)C(=O)O. The normalized spacial score (nSPS) is 20.4. The van der Waals surface area contributed by atoms with Crippen LogP contribution in [0.3, 0.4) is 0 Å². The Labute approximate surface area is 172 Å². The van der Waals surface area contributed by atoms with Crippen molar-refractivity contribution in [3.63, 3.8) is 0 Å². The standard InChI is InChI=1S/C20H36N4O5/c1-6-12(4)16(19(27)23-15(20(28)29)10-11(2)3)24-17(25)13(5)22-18(26)14-8-7-9-21-14/h11-16,21H,6-10H2,1-5H3,(H,22,26)(H,23,27)(H,24,25)(H,28,29). The molecule has 166 valence electrons. The van der Waals surface area contributed by atoms with Crippen molar-refractivity contribution >= 4 is 23.7 Å². The van der Waals surface area contributed by atoms with Crippen molar-refractivity contribution in [1.82, 2.24) is 21.3 Å². The average molecular weight is 413 g/mol. The van der Waals surface area contributed by atoms with E-state index in [1.807, 2.05) is 27.7 Å². The highest BCUT2D eigenvalue weighted by Crippen LogP contribution is 2.11. The lowest BCUT2D eigenvalue weighted by molar-refractivity contribution is -0.143. The Kier molecular flexibility index (Phi) is 10.1. The Morgan fingerprint density at radius 2 is 1.69 bits per heavy atom. The maximum atomic E-state index is 12.7. The Bertz CT molecular complexity index is 589. The second-order valence-corrected chi connectivity index (χ2v) is 8.28. The lowest BCUT2D eigenvalue weighted by Gasteiger charge is -2.27. The minimum absolute atomic E-state index is 0.0903. The molecule has 0 saturated carbocycles. The van der Waals surface area contributed by atoms with Crippen molar-refractivity contribution in [3.8, 4) is 0 Å². The minimum atomic E-state index is -1.11. The fourth-order valence-electron chi connectivity index (χ4n) is 3.22. The molecule has 5 N–H and O–H groups in total. The topological polar surface area (TPSA) is 137 Å². The molecule has 0 radical (unpaired) electrons. The third-order valence-corrected chi connectivity index (χ3v) is 5.24. The van der Waals surface area contributed by atoms with Gasteiger partial charge in [-0.3, -0.25) is 14.4 Å². The van der Waals surface area contributed by atoms with Gasteiger partial charge in [-0.05, 0) is 44.6 Å². The molecule has 1 heterocycles. The molecule has 3 amide bonds. The molecular formula is C20H36N4O5. The van der Waals surface area contributed by atoms with Crippen LogP contribution in [-0.2, 0) is 19.2 Å². The molecule has 1 saturated heterocycles. The van der Waals surface area contributed by atoms with Crippen LogP contribution in [-0.4, -0.2) is 59.5 Å². The average Bonchev–Trinajstić information content (AvgIpc) is 3.18. The van der Waals surface area contributed by atoms with Crippen molar-refractivity contribution in [3.05, 3.63) is 0 Å². The molecule has 1 aliphatic heterocycles. The van der Waals surface area contributed by atoms with Gasteiger partial charge in [-0.1, -0.05) is 34.1 Å². The number of carbonyl (C=O) groups is 4. The molecule has 0 aromatic carbocycles. The van der Waals surface area contributed by atoms with Gasteiger partial charge < -0.3 is 26.4 Å². The van der Waals surface area contributed by atoms with Crippen molar-refractivity contribution in [2.45, 2.75) is 84.5 Å². The lowest BCUT2D eigenvalue weighted by Crippen LogP contribution is -2.58. The Morgan fingerprint density at radius 1 is 1.03 bits per heavy atom. The van der Waals surface area contributed by atoms with E-state index >= 15 is 0 Å². The zero-order chi connectivity index (χ0) is 22.1. The Hall–Kier alpha value is -2.16. The fraction of sp³-hybridized carbons (Fsp3) is 0.800. The number of amides is 3. The molecule has 9 heteroatoms. The van der Waals surface area contributed by atoms with Gasteiger partial charge in [0, 0.05) is 0 Å². The zero-order valence-corrected chi connectivity index (χ0v) is 18.1. The van der Waals surface area contributed by atoms with Gasteiger partial charge in [-0.15, -0.1) is 0 Å². The predicted octanol–water partition coefficient (Wildman–Crippen LogP) is 0.390. The monoisotopic (exact) mass is 412 g/mol. The van der Waals surface area contributed by atoms with Gasteiger partial charge in [0.1, 0.15) is 18.1 Å². The van der Waals surface area contributed by atoms with Crippen molar-refractivity contribution in [2.75, 3.05) is 6.54 Å². The fourth-order valence-corrected chi connectivity index (χ4v) is 3.22. The third kappa shape index (κ3) is 8.00. The van der Waals surface area contributed by atoms with Crippen LogP contribution in [0.25, 0.3) is 0 Å².